The van der Waals surface area contributed by atoms with E-state index in [2.05, 4.69) is 44.5 Å². The molecule has 2 heteroatoms. The fourth-order valence-corrected chi connectivity index (χ4v) is 3.80. The second kappa shape index (κ2) is 3.46. The van der Waals surface area contributed by atoms with Gasteiger partial charge in [-0.3, -0.25) is 4.90 Å². The summed E-state index contributed by atoms with van der Waals surface area (Å²) in [5.41, 5.74) is 1.02. The Kier molecular flexibility index (Phi) is 2.63. The van der Waals surface area contributed by atoms with Crippen molar-refractivity contribution in [2.24, 2.45) is 5.41 Å². The summed E-state index contributed by atoms with van der Waals surface area (Å²) in [6, 6.07) is 0.757. The minimum absolute atomic E-state index is 0.344. The highest BCUT2D eigenvalue weighted by Crippen LogP contribution is 2.43. The summed E-state index contributed by atoms with van der Waals surface area (Å²) < 4.78 is 0. The van der Waals surface area contributed by atoms with Gasteiger partial charge in [0.2, 0.25) is 0 Å². The molecule has 0 amide bonds. The Hall–Kier alpha value is -0.0800. The Labute approximate surface area is 94.6 Å². The molecule has 1 atom stereocenters. The van der Waals surface area contributed by atoms with Crippen LogP contribution in [0, 0.1) is 5.41 Å². The average Bonchev–Trinajstić information content (AvgIpc) is 1.98. The van der Waals surface area contributed by atoms with Gasteiger partial charge in [-0.05, 0) is 59.5 Å². The molecule has 0 aromatic carbocycles. The molecular weight excluding hydrogens is 184 g/mol. The maximum Gasteiger partial charge on any atom is 0.0127 e. The van der Waals surface area contributed by atoms with E-state index in [9.17, 15) is 0 Å². The molecule has 2 aliphatic heterocycles. The molecule has 0 aliphatic carbocycles. The van der Waals surface area contributed by atoms with Crippen LogP contribution in [-0.4, -0.2) is 48.1 Å². The Balaban J connectivity index is 1.98. The van der Waals surface area contributed by atoms with Crippen molar-refractivity contribution in [2.75, 3.05) is 26.7 Å². The predicted octanol–water partition coefficient (Wildman–Crippen LogP) is 2.20. The summed E-state index contributed by atoms with van der Waals surface area (Å²) in [6.07, 6.45) is 2.80. The van der Waals surface area contributed by atoms with Crippen LogP contribution in [0.15, 0.2) is 0 Å². The molecule has 1 unspecified atom stereocenters. The predicted molar refractivity (Wildman–Crippen MR) is 65.1 cm³/mol. The van der Waals surface area contributed by atoms with Gasteiger partial charge in [-0.15, -0.1) is 0 Å². The van der Waals surface area contributed by atoms with E-state index in [1.807, 2.05) is 0 Å². The number of rotatable bonds is 0. The molecule has 2 nitrogen and oxygen atoms in total. The lowest BCUT2D eigenvalue weighted by atomic mass is 9.69. The third-order valence-electron chi connectivity index (χ3n) is 4.22. The zero-order valence-corrected chi connectivity index (χ0v) is 11.0. The Morgan fingerprint density at radius 3 is 2.20 bits per heavy atom. The van der Waals surface area contributed by atoms with Crippen molar-refractivity contribution in [2.45, 2.75) is 52.1 Å². The van der Waals surface area contributed by atoms with Crippen LogP contribution >= 0.6 is 0 Å². The molecule has 2 heterocycles. The maximum atomic E-state index is 2.68. The van der Waals surface area contributed by atoms with Crippen molar-refractivity contribution in [3.63, 3.8) is 0 Å². The molecule has 1 spiro atoms. The topological polar surface area (TPSA) is 6.48 Å². The van der Waals surface area contributed by atoms with E-state index in [0.29, 0.717) is 11.0 Å². The molecule has 0 radical (unpaired) electrons. The van der Waals surface area contributed by atoms with Gasteiger partial charge in [-0.1, -0.05) is 0 Å². The molecule has 0 bridgehead atoms. The first-order chi connectivity index (χ1) is 6.82. The van der Waals surface area contributed by atoms with Gasteiger partial charge in [0.15, 0.2) is 0 Å². The van der Waals surface area contributed by atoms with E-state index in [1.54, 1.807) is 0 Å². The third-order valence-corrected chi connectivity index (χ3v) is 4.22. The fraction of sp³-hybridized carbons (Fsp3) is 1.00. The third kappa shape index (κ3) is 2.07. The molecule has 2 rings (SSSR count). The second-order valence-electron chi connectivity index (χ2n) is 6.84. The highest BCUT2D eigenvalue weighted by Gasteiger charge is 2.46. The summed E-state index contributed by atoms with van der Waals surface area (Å²) in [7, 11) is 2.24. The molecule has 2 saturated heterocycles. The summed E-state index contributed by atoms with van der Waals surface area (Å²) in [6.45, 7) is 13.4. The summed E-state index contributed by atoms with van der Waals surface area (Å²) in [5, 5.41) is 0. The quantitative estimate of drug-likeness (QED) is 0.605. The Morgan fingerprint density at radius 1 is 1.20 bits per heavy atom. The number of piperidine rings is 1. The molecule has 0 saturated carbocycles. The summed E-state index contributed by atoms with van der Waals surface area (Å²) in [4.78, 5) is 5.13. The van der Waals surface area contributed by atoms with Crippen LogP contribution in [0.25, 0.3) is 0 Å². The lowest BCUT2D eigenvalue weighted by molar-refractivity contribution is -0.0736. The smallest absolute Gasteiger partial charge is 0.0127 e. The average molecular weight is 210 g/mol. The SMILES string of the molecule is CC1CC2(CCN1C(C)(C)C)CN(C)C2. The van der Waals surface area contributed by atoms with Crippen molar-refractivity contribution in [1.29, 1.82) is 0 Å². The normalized spacial score (nSPS) is 33.0. The molecular formula is C13H26N2. The summed E-state index contributed by atoms with van der Waals surface area (Å²) in [5.74, 6) is 0. The van der Waals surface area contributed by atoms with Gasteiger partial charge in [0.05, 0.1) is 0 Å². The van der Waals surface area contributed by atoms with Crippen molar-refractivity contribution < 1.29 is 0 Å². The summed E-state index contributed by atoms with van der Waals surface area (Å²) >= 11 is 0. The monoisotopic (exact) mass is 210 g/mol. The molecule has 0 N–H and O–H groups in total. The van der Waals surface area contributed by atoms with Crippen molar-refractivity contribution in [1.82, 2.24) is 9.80 Å². The van der Waals surface area contributed by atoms with Crippen LogP contribution in [0.4, 0.5) is 0 Å². The fourth-order valence-electron chi connectivity index (χ4n) is 3.80. The van der Waals surface area contributed by atoms with Crippen LogP contribution in [0.5, 0.6) is 0 Å². The minimum Gasteiger partial charge on any atom is -0.305 e. The highest BCUT2D eigenvalue weighted by molar-refractivity contribution is 5.01. The van der Waals surface area contributed by atoms with E-state index in [-0.39, 0.29) is 0 Å². The van der Waals surface area contributed by atoms with Crippen molar-refractivity contribution >= 4 is 0 Å². The molecule has 0 aromatic rings. The van der Waals surface area contributed by atoms with Crippen LogP contribution < -0.4 is 0 Å². The van der Waals surface area contributed by atoms with E-state index in [0.717, 1.165) is 6.04 Å². The van der Waals surface area contributed by atoms with Crippen LogP contribution in [0.2, 0.25) is 0 Å². The van der Waals surface area contributed by atoms with E-state index < -0.39 is 0 Å². The van der Waals surface area contributed by atoms with Crippen molar-refractivity contribution in [3.05, 3.63) is 0 Å². The molecule has 2 aliphatic rings. The molecule has 15 heavy (non-hydrogen) atoms. The second-order valence-corrected chi connectivity index (χ2v) is 6.84. The van der Waals surface area contributed by atoms with Gasteiger partial charge in [-0.25, -0.2) is 0 Å². The zero-order valence-electron chi connectivity index (χ0n) is 11.0. The lowest BCUT2D eigenvalue weighted by Gasteiger charge is -2.57. The number of nitrogens with zero attached hydrogens (tertiary/aromatic N) is 2. The first kappa shape index (κ1) is 11.4. The zero-order chi connectivity index (χ0) is 11.3. The number of hydrogen-bond donors (Lipinski definition) is 0. The minimum atomic E-state index is 0.344. The number of hydrogen-bond acceptors (Lipinski definition) is 2. The lowest BCUT2D eigenvalue weighted by Crippen LogP contribution is -2.63. The van der Waals surface area contributed by atoms with Gasteiger partial charge in [0, 0.05) is 24.7 Å². The maximum absolute atomic E-state index is 2.68. The first-order valence-corrected chi connectivity index (χ1v) is 6.28. The van der Waals surface area contributed by atoms with Gasteiger partial charge in [0.25, 0.3) is 0 Å². The number of likely N-dealkylation sites (tertiary alicyclic amines) is 2. The van der Waals surface area contributed by atoms with Gasteiger partial charge in [-0.2, -0.15) is 0 Å². The van der Waals surface area contributed by atoms with E-state index >= 15 is 0 Å². The standard InChI is InChI=1S/C13H26N2/c1-11-8-13(9-14(5)10-13)6-7-15(11)12(2,3)4/h11H,6-10H2,1-5H3. The van der Waals surface area contributed by atoms with Crippen LogP contribution in [0.3, 0.4) is 0 Å². The van der Waals surface area contributed by atoms with Gasteiger partial charge >= 0.3 is 0 Å². The first-order valence-electron chi connectivity index (χ1n) is 6.28. The van der Waals surface area contributed by atoms with Crippen LogP contribution in [0.1, 0.15) is 40.5 Å². The molecule has 88 valence electrons. The molecule has 0 aromatic heterocycles. The van der Waals surface area contributed by atoms with Crippen molar-refractivity contribution in [3.8, 4) is 0 Å². The Morgan fingerprint density at radius 2 is 1.80 bits per heavy atom. The Bertz CT molecular complexity index is 235. The van der Waals surface area contributed by atoms with E-state index in [4.69, 9.17) is 0 Å². The van der Waals surface area contributed by atoms with Gasteiger partial charge in [0.1, 0.15) is 0 Å². The van der Waals surface area contributed by atoms with E-state index in [1.165, 1.54) is 32.5 Å². The highest BCUT2D eigenvalue weighted by atomic mass is 15.2. The van der Waals surface area contributed by atoms with Gasteiger partial charge < -0.3 is 4.90 Å². The largest absolute Gasteiger partial charge is 0.305 e. The van der Waals surface area contributed by atoms with Crippen LogP contribution in [-0.2, 0) is 0 Å². The molecule has 2 fully saturated rings.